The lowest BCUT2D eigenvalue weighted by Crippen LogP contribution is -2.24. The molecule has 2 heterocycles. The molecule has 0 radical (unpaired) electrons. The van der Waals surface area contributed by atoms with Gasteiger partial charge in [-0.3, -0.25) is 19.9 Å². The van der Waals surface area contributed by atoms with E-state index in [2.05, 4.69) is 20.5 Å². The van der Waals surface area contributed by atoms with Gasteiger partial charge in [0, 0.05) is 17.1 Å². The van der Waals surface area contributed by atoms with Crippen LogP contribution in [0.4, 0.5) is 0 Å². The van der Waals surface area contributed by atoms with E-state index in [1.54, 1.807) is 6.92 Å². The van der Waals surface area contributed by atoms with Crippen LogP contribution >= 0.6 is 11.9 Å². The van der Waals surface area contributed by atoms with E-state index in [-0.39, 0.29) is 4.91 Å². The van der Waals surface area contributed by atoms with Crippen molar-refractivity contribution in [1.29, 1.82) is 0 Å². The highest BCUT2D eigenvalue weighted by Crippen LogP contribution is 2.12. The molecule has 0 aliphatic rings. The fourth-order valence-electron chi connectivity index (χ4n) is 2.08. The van der Waals surface area contributed by atoms with E-state index in [1.807, 2.05) is 50.2 Å². The van der Waals surface area contributed by atoms with Crippen LogP contribution in [0.2, 0.25) is 0 Å². The van der Waals surface area contributed by atoms with Crippen LogP contribution < -0.4 is 16.3 Å². The van der Waals surface area contributed by atoms with Gasteiger partial charge in [0.25, 0.3) is 5.91 Å². The fraction of sp³-hybridized carbons (Fsp3) is 0.176. The van der Waals surface area contributed by atoms with Gasteiger partial charge in [0.05, 0.1) is 11.4 Å². The van der Waals surface area contributed by atoms with Crippen LogP contribution in [0.1, 0.15) is 29.7 Å². The van der Waals surface area contributed by atoms with Crippen molar-refractivity contribution in [3.05, 3.63) is 69.8 Å². The maximum absolute atomic E-state index is 12.2. The predicted octanol–water partition coefficient (Wildman–Crippen LogP) is 1.76. The molecule has 0 bridgehead atoms. The number of rotatable bonds is 5. The zero-order chi connectivity index (χ0) is 18.4. The first kappa shape index (κ1) is 18.6. The quantitative estimate of drug-likeness (QED) is 0.325. The lowest BCUT2D eigenvalue weighted by molar-refractivity contribution is -0.116. The number of hydrogen-bond donors (Lipinski definition) is 3. The number of pyridine rings is 2. The molecule has 0 unspecified atom stereocenters. The Kier molecular flexibility index (Phi) is 6.26. The number of aryl methyl sites for hydroxylation is 2. The minimum atomic E-state index is -0.481. The van der Waals surface area contributed by atoms with Gasteiger partial charge in [-0.2, -0.15) is 5.10 Å². The Bertz CT molecular complexity index is 795. The summed E-state index contributed by atoms with van der Waals surface area (Å²) in [5, 5.41) is 9.72. The number of hydrazone groups is 1. The lowest BCUT2D eigenvalue weighted by Gasteiger charge is -2.09. The maximum Gasteiger partial charge on any atom is 0.280 e. The molecular weight excluding hydrogens is 336 g/mol. The molecule has 130 valence electrons. The highest BCUT2D eigenvalue weighted by atomic mass is 32.2. The molecule has 2 rings (SSSR count). The summed E-state index contributed by atoms with van der Waals surface area (Å²) in [5.41, 5.74) is 11.8. The summed E-state index contributed by atoms with van der Waals surface area (Å²) in [4.78, 5) is 21.4. The van der Waals surface area contributed by atoms with Crippen LogP contribution in [0, 0.1) is 13.8 Å². The summed E-state index contributed by atoms with van der Waals surface area (Å²) in [6.07, 6.45) is 0. The van der Waals surface area contributed by atoms with E-state index < -0.39 is 5.91 Å². The van der Waals surface area contributed by atoms with E-state index >= 15 is 0 Å². The van der Waals surface area contributed by atoms with Crippen molar-refractivity contribution in [2.45, 2.75) is 20.8 Å². The molecule has 2 aromatic heterocycles. The third kappa shape index (κ3) is 4.88. The van der Waals surface area contributed by atoms with Gasteiger partial charge >= 0.3 is 0 Å². The topological polar surface area (TPSA) is 119 Å². The zero-order valence-corrected chi connectivity index (χ0v) is 15.1. The molecule has 0 aliphatic carbocycles. The SMILES string of the molecule is C/C(N)=C(/SN)C(=O)NN=C(c1cccc(C)n1)c1cccc(C)n1. The summed E-state index contributed by atoms with van der Waals surface area (Å²) in [6, 6.07) is 11.1. The van der Waals surface area contributed by atoms with Gasteiger partial charge < -0.3 is 5.73 Å². The highest BCUT2D eigenvalue weighted by Gasteiger charge is 2.14. The molecule has 7 nitrogen and oxygen atoms in total. The second-order valence-corrected chi connectivity index (χ2v) is 6.00. The van der Waals surface area contributed by atoms with Crippen LogP contribution in [0.25, 0.3) is 0 Å². The standard InChI is InChI=1S/C17H20N6OS/c1-10-6-4-8-13(20-10)15(14-9-5-7-11(2)21-14)22-23-17(24)16(25-19)12(3)18/h4-9H,18-19H2,1-3H3,(H,23,24)/b16-12-. The number of nitrogens with one attached hydrogen (secondary N) is 1. The normalized spacial score (nSPS) is 11.5. The van der Waals surface area contributed by atoms with Crippen molar-refractivity contribution in [2.24, 2.45) is 16.0 Å². The number of aromatic nitrogens is 2. The Morgan fingerprint density at radius 2 is 1.60 bits per heavy atom. The molecule has 0 saturated heterocycles. The van der Waals surface area contributed by atoms with Crippen LogP contribution in [-0.2, 0) is 4.79 Å². The van der Waals surface area contributed by atoms with Gasteiger partial charge in [-0.25, -0.2) is 5.43 Å². The van der Waals surface area contributed by atoms with Crippen molar-refractivity contribution in [3.8, 4) is 0 Å². The van der Waals surface area contributed by atoms with Gasteiger partial charge in [-0.1, -0.05) is 12.1 Å². The zero-order valence-electron chi connectivity index (χ0n) is 14.3. The van der Waals surface area contributed by atoms with Gasteiger partial charge in [0.15, 0.2) is 0 Å². The first-order valence-corrected chi connectivity index (χ1v) is 8.39. The molecule has 1 amide bonds. The second kappa shape index (κ2) is 8.41. The van der Waals surface area contributed by atoms with Gasteiger partial charge in [0.2, 0.25) is 0 Å². The Balaban J connectivity index is 2.45. The highest BCUT2D eigenvalue weighted by molar-refractivity contribution is 8.01. The monoisotopic (exact) mass is 356 g/mol. The smallest absolute Gasteiger partial charge is 0.280 e. The molecule has 0 aromatic carbocycles. The predicted molar refractivity (Wildman–Crippen MR) is 100 cm³/mol. The van der Waals surface area contributed by atoms with E-state index in [4.69, 9.17) is 10.9 Å². The minimum absolute atomic E-state index is 0.206. The van der Waals surface area contributed by atoms with Crippen LogP contribution in [0.5, 0.6) is 0 Å². The summed E-state index contributed by atoms with van der Waals surface area (Å²) in [6.45, 7) is 5.36. The number of carbonyl (C=O) groups excluding carboxylic acids is 1. The largest absolute Gasteiger partial charge is 0.401 e. The molecule has 0 saturated carbocycles. The van der Waals surface area contributed by atoms with Crippen molar-refractivity contribution < 1.29 is 4.79 Å². The molecule has 0 fully saturated rings. The van der Waals surface area contributed by atoms with Gasteiger partial charge in [-0.05, 0) is 57.0 Å². The van der Waals surface area contributed by atoms with E-state index in [0.717, 1.165) is 23.3 Å². The van der Waals surface area contributed by atoms with E-state index in [0.29, 0.717) is 22.8 Å². The third-order valence-corrected chi connectivity index (χ3v) is 3.96. The number of nitrogens with two attached hydrogens (primary N) is 2. The van der Waals surface area contributed by atoms with Crippen molar-refractivity contribution in [1.82, 2.24) is 15.4 Å². The summed E-state index contributed by atoms with van der Waals surface area (Å²) in [5.74, 6) is -0.481. The Hall–Kier alpha value is -2.71. The molecule has 5 N–H and O–H groups in total. The number of amides is 1. The first-order valence-electron chi connectivity index (χ1n) is 7.51. The third-order valence-electron chi connectivity index (χ3n) is 3.21. The van der Waals surface area contributed by atoms with E-state index in [1.165, 1.54) is 0 Å². The van der Waals surface area contributed by atoms with Crippen LogP contribution in [0.15, 0.2) is 52.1 Å². The average Bonchev–Trinajstić information content (AvgIpc) is 2.55. The second-order valence-electron chi connectivity index (χ2n) is 5.36. The fourth-order valence-corrected chi connectivity index (χ4v) is 2.42. The average molecular weight is 356 g/mol. The van der Waals surface area contributed by atoms with Crippen molar-refractivity contribution >= 4 is 23.6 Å². The number of hydrogen-bond acceptors (Lipinski definition) is 7. The van der Waals surface area contributed by atoms with E-state index in [9.17, 15) is 4.79 Å². The molecule has 25 heavy (non-hydrogen) atoms. The number of nitrogens with zero attached hydrogens (tertiary/aromatic N) is 3. The summed E-state index contributed by atoms with van der Waals surface area (Å²) < 4.78 is 0. The Morgan fingerprint density at radius 3 is 2.00 bits per heavy atom. The molecule has 0 atom stereocenters. The number of carbonyl (C=O) groups is 1. The van der Waals surface area contributed by atoms with Crippen LogP contribution in [0.3, 0.4) is 0 Å². The maximum atomic E-state index is 12.2. The first-order chi connectivity index (χ1) is 11.9. The Morgan fingerprint density at radius 1 is 1.08 bits per heavy atom. The minimum Gasteiger partial charge on any atom is -0.401 e. The van der Waals surface area contributed by atoms with Gasteiger partial charge in [-0.15, -0.1) is 0 Å². The summed E-state index contributed by atoms with van der Waals surface area (Å²) in [7, 11) is 0. The molecule has 0 spiro atoms. The summed E-state index contributed by atoms with van der Waals surface area (Å²) >= 11 is 0.776. The van der Waals surface area contributed by atoms with Crippen molar-refractivity contribution in [2.75, 3.05) is 0 Å². The van der Waals surface area contributed by atoms with Crippen LogP contribution in [-0.4, -0.2) is 21.6 Å². The molecule has 2 aromatic rings. The van der Waals surface area contributed by atoms with Crippen molar-refractivity contribution in [3.63, 3.8) is 0 Å². The number of allylic oxidation sites excluding steroid dienone is 1. The van der Waals surface area contributed by atoms with Gasteiger partial charge in [0.1, 0.15) is 10.6 Å². The molecule has 0 aliphatic heterocycles. The molecular formula is C17H20N6OS. The lowest BCUT2D eigenvalue weighted by atomic mass is 10.1. The Labute approximate surface area is 150 Å². The molecule has 8 heteroatoms.